The molecule has 0 spiro atoms. The fourth-order valence-corrected chi connectivity index (χ4v) is 5.81. The molecule has 2 N–H and O–H groups in total. The Morgan fingerprint density at radius 3 is 2.74 bits per heavy atom. The van der Waals surface area contributed by atoms with Crippen LogP contribution in [0.3, 0.4) is 0 Å². The van der Waals surface area contributed by atoms with Gasteiger partial charge in [0, 0.05) is 49.7 Å². The molecule has 1 aromatic carbocycles. The molecule has 0 bridgehead atoms. The number of nitrogens with one attached hydrogen (secondary N) is 2. The van der Waals surface area contributed by atoms with Crippen molar-refractivity contribution in [1.82, 2.24) is 24.5 Å². The Bertz CT molecular complexity index is 1420. The molecule has 2 fully saturated rings. The fourth-order valence-electron chi connectivity index (χ4n) is 5.63. The fraction of sp³-hybridized carbons (Fsp3) is 0.516. The summed E-state index contributed by atoms with van der Waals surface area (Å²) in [6.45, 7) is 6.86. The number of hydrogen-bond donors (Lipinski definition) is 2. The number of carbonyl (C=O) groups is 2. The average Bonchev–Trinajstić information content (AvgIpc) is 3.44. The number of aromatic nitrogens is 4. The second-order valence-corrected chi connectivity index (χ2v) is 12.0. The highest BCUT2D eigenvalue weighted by Gasteiger charge is 2.30. The predicted molar refractivity (Wildman–Crippen MR) is 167 cm³/mol. The van der Waals surface area contributed by atoms with Crippen molar-refractivity contribution in [3.8, 4) is 0 Å². The Labute approximate surface area is 255 Å². The molecule has 224 valence electrons. The van der Waals surface area contributed by atoms with Crippen molar-refractivity contribution in [3.05, 3.63) is 59.3 Å². The van der Waals surface area contributed by atoms with Crippen molar-refractivity contribution in [2.24, 2.45) is 0 Å². The van der Waals surface area contributed by atoms with Crippen LogP contribution in [0.15, 0.2) is 42.6 Å². The van der Waals surface area contributed by atoms with Crippen LogP contribution in [-0.2, 0) is 27.3 Å². The molecular weight excluding hydrogens is 598 g/mol. The normalized spacial score (nSPS) is 18.2. The van der Waals surface area contributed by atoms with Crippen molar-refractivity contribution in [2.75, 3.05) is 35.7 Å². The van der Waals surface area contributed by atoms with E-state index in [4.69, 9.17) is 14.7 Å². The molecule has 11 heteroatoms. The number of fused-ring (bicyclic) bond motifs is 1. The number of nitrogens with zero attached hydrogens (tertiary/aromatic N) is 5. The second kappa shape index (κ2) is 14.2. The van der Waals surface area contributed by atoms with Gasteiger partial charge in [-0.05, 0) is 55.2 Å². The Morgan fingerprint density at radius 2 is 1.95 bits per heavy atom. The van der Waals surface area contributed by atoms with E-state index in [1.807, 2.05) is 30.5 Å². The summed E-state index contributed by atoms with van der Waals surface area (Å²) in [6, 6.07) is 7.92. The Kier molecular flexibility index (Phi) is 10.2. The third-order valence-corrected chi connectivity index (χ3v) is 8.27. The minimum absolute atomic E-state index is 0.0829. The highest BCUT2D eigenvalue weighted by atomic mass is 79.9. The first-order valence-electron chi connectivity index (χ1n) is 14.9. The summed E-state index contributed by atoms with van der Waals surface area (Å²) in [5, 5.41) is 12.1. The Morgan fingerprint density at radius 1 is 1.14 bits per heavy atom. The van der Waals surface area contributed by atoms with Crippen molar-refractivity contribution in [1.29, 1.82) is 0 Å². The SMILES string of the molecule is CC(C)c1cnn2c(NCc3cccc(CC(=O)C4CCCCN4C(=O)/C=C/CBr)c3)nc(NC3CCOCC3)nc12. The van der Waals surface area contributed by atoms with E-state index in [1.54, 1.807) is 21.6 Å². The smallest absolute Gasteiger partial charge is 0.246 e. The number of ketones is 1. The Balaban J connectivity index is 1.30. The molecule has 1 unspecified atom stereocenters. The molecule has 5 rings (SSSR count). The number of benzene rings is 1. The van der Waals surface area contributed by atoms with Gasteiger partial charge in [-0.15, -0.1) is 0 Å². The van der Waals surface area contributed by atoms with E-state index in [0.29, 0.717) is 36.7 Å². The van der Waals surface area contributed by atoms with Gasteiger partial charge in [-0.25, -0.2) is 0 Å². The van der Waals surface area contributed by atoms with Crippen LogP contribution in [0.2, 0.25) is 0 Å². The maximum absolute atomic E-state index is 13.4. The zero-order valence-electron chi connectivity index (χ0n) is 24.4. The summed E-state index contributed by atoms with van der Waals surface area (Å²) < 4.78 is 7.27. The van der Waals surface area contributed by atoms with Crippen molar-refractivity contribution in [3.63, 3.8) is 0 Å². The number of likely N-dealkylation sites (tertiary alicyclic amines) is 1. The maximum atomic E-state index is 13.4. The Hall–Kier alpha value is -3.31. The molecule has 1 amide bonds. The summed E-state index contributed by atoms with van der Waals surface area (Å²) in [5.41, 5.74) is 3.81. The molecule has 2 saturated heterocycles. The maximum Gasteiger partial charge on any atom is 0.246 e. The number of carbonyl (C=O) groups excluding carboxylic acids is 2. The number of anilines is 2. The van der Waals surface area contributed by atoms with E-state index in [-0.39, 0.29) is 36.1 Å². The summed E-state index contributed by atoms with van der Waals surface area (Å²) in [7, 11) is 0. The first kappa shape index (κ1) is 30.2. The van der Waals surface area contributed by atoms with Gasteiger partial charge < -0.3 is 20.3 Å². The van der Waals surface area contributed by atoms with Crippen molar-refractivity contribution in [2.45, 2.75) is 76.9 Å². The van der Waals surface area contributed by atoms with Crippen LogP contribution in [0, 0.1) is 0 Å². The van der Waals surface area contributed by atoms with Crippen LogP contribution in [0.5, 0.6) is 0 Å². The monoisotopic (exact) mass is 637 g/mol. The molecule has 3 aromatic rings. The molecule has 0 saturated carbocycles. The van der Waals surface area contributed by atoms with E-state index in [9.17, 15) is 9.59 Å². The standard InChI is InChI=1S/C31H40BrN7O3/c1-21(2)25-20-34-39-29(25)36-30(35-24-11-15-42-16-12-24)37-31(39)33-19-23-8-5-7-22(17-23)18-27(40)26-9-3-4-14-38(26)28(41)10-6-13-32/h5-8,10,17,20-21,24,26H,3-4,9,11-16,18-19H2,1-2H3,(H2,33,35,36,37)/b10-6+. The molecule has 2 aliphatic heterocycles. The van der Waals surface area contributed by atoms with Crippen LogP contribution in [-0.4, -0.2) is 73.3 Å². The summed E-state index contributed by atoms with van der Waals surface area (Å²) in [5.74, 6) is 1.45. The molecule has 2 aromatic heterocycles. The van der Waals surface area contributed by atoms with Gasteiger partial charge in [0.1, 0.15) is 0 Å². The largest absolute Gasteiger partial charge is 0.381 e. The minimum Gasteiger partial charge on any atom is -0.381 e. The zero-order chi connectivity index (χ0) is 29.5. The van der Waals surface area contributed by atoms with Gasteiger partial charge in [0.15, 0.2) is 11.4 Å². The van der Waals surface area contributed by atoms with E-state index in [1.165, 1.54) is 0 Å². The average molecular weight is 639 g/mol. The molecule has 10 nitrogen and oxygen atoms in total. The first-order valence-corrected chi connectivity index (χ1v) is 16.0. The van der Waals surface area contributed by atoms with Gasteiger partial charge in [0.25, 0.3) is 0 Å². The lowest BCUT2D eigenvalue weighted by atomic mass is 9.94. The van der Waals surface area contributed by atoms with Gasteiger partial charge in [-0.1, -0.05) is 60.1 Å². The molecule has 1 atom stereocenters. The van der Waals surface area contributed by atoms with Crippen molar-refractivity contribution >= 4 is 45.2 Å². The van der Waals surface area contributed by atoms with Crippen LogP contribution >= 0.6 is 15.9 Å². The van der Waals surface area contributed by atoms with Gasteiger partial charge in [-0.2, -0.15) is 19.6 Å². The molecule has 2 aliphatic rings. The number of hydrogen-bond acceptors (Lipinski definition) is 8. The minimum atomic E-state index is -0.376. The lowest BCUT2D eigenvalue weighted by Crippen LogP contribution is -2.48. The highest BCUT2D eigenvalue weighted by molar-refractivity contribution is 9.09. The lowest BCUT2D eigenvalue weighted by Gasteiger charge is -2.34. The van der Waals surface area contributed by atoms with Crippen LogP contribution in [0.4, 0.5) is 11.9 Å². The number of alkyl halides is 1. The lowest BCUT2D eigenvalue weighted by molar-refractivity contribution is -0.137. The highest BCUT2D eigenvalue weighted by Crippen LogP contribution is 2.24. The van der Waals surface area contributed by atoms with Gasteiger partial charge in [0.2, 0.25) is 17.8 Å². The summed E-state index contributed by atoms with van der Waals surface area (Å²) >= 11 is 3.32. The molecule has 0 aliphatic carbocycles. The second-order valence-electron chi connectivity index (χ2n) is 11.3. The summed E-state index contributed by atoms with van der Waals surface area (Å²) in [4.78, 5) is 37.4. The molecular formula is C31H40BrN7O3. The third-order valence-electron chi connectivity index (χ3n) is 7.90. The number of allylic oxidation sites excluding steroid dienone is 1. The van der Waals surface area contributed by atoms with E-state index < -0.39 is 0 Å². The molecule has 0 radical (unpaired) electrons. The number of rotatable bonds is 11. The topological polar surface area (TPSA) is 114 Å². The van der Waals surface area contributed by atoms with Crippen LogP contribution in [0.1, 0.15) is 68.6 Å². The quantitative estimate of drug-likeness (QED) is 0.226. The van der Waals surface area contributed by atoms with Crippen LogP contribution in [0.25, 0.3) is 5.65 Å². The molecule has 42 heavy (non-hydrogen) atoms. The third kappa shape index (κ3) is 7.36. The van der Waals surface area contributed by atoms with Gasteiger partial charge >= 0.3 is 0 Å². The van der Waals surface area contributed by atoms with E-state index >= 15 is 0 Å². The number of halogens is 1. The van der Waals surface area contributed by atoms with E-state index in [0.717, 1.165) is 61.2 Å². The predicted octanol–water partition coefficient (Wildman–Crippen LogP) is 4.89. The van der Waals surface area contributed by atoms with Gasteiger partial charge in [0.05, 0.1) is 12.2 Å². The first-order chi connectivity index (χ1) is 20.4. The number of Topliss-reactive ketones (excluding diaryl/α,β-unsaturated/α-hetero) is 1. The zero-order valence-corrected chi connectivity index (χ0v) is 26.0. The number of ether oxygens (including phenoxy) is 1. The number of piperidine rings is 1. The summed E-state index contributed by atoms with van der Waals surface area (Å²) in [6.07, 6.45) is 9.91. The van der Waals surface area contributed by atoms with Gasteiger partial charge in [-0.3, -0.25) is 9.59 Å². The molecule has 4 heterocycles. The van der Waals surface area contributed by atoms with Crippen LogP contribution < -0.4 is 10.6 Å². The van der Waals surface area contributed by atoms with Crippen molar-refractivity contribution < 1.29 is 14.3 Å². The van der Waals surface area contributed by atoms with E-state index in [2.05, 4.69) is 45.5 Å². The number of amides is 1.